The Labute approximate surface area is 86.7 Å². The van der Waals surface area contributed by atoms with Gasteiger partial charge in [0.2, 0.25) is 0 Å². The van der Waals surface area contributed by atoms with Crippen LogP contribution in [0, 0.1) is 0 Å². The van der Waals surface area contributed by atoms with Gasteiger partial charge in [0.05, 0.1) is 11.7 Å². The Hall–Kier alpha value is -1.62. The van der Waals surface area contributed by atoms with Gasteiger partial charge in [0, 0.05) is 18.1 Å². The zero-order chi connectivity index (χ0) is 9.97. The lowest BCUT2D eigenvalue weighted by molar-refractivity contribution is 1.12. The average molecular weight is 206 g/mol. The summed E-state index contributed by atoms with van der Waals surface area (Å²) in [4.78, 5) is 0. The smallest absolute Gasteiger partial charge is 0.170 e. The Morgan fingerprint density at radius 3 is 3.14 bits per heavy atom. The standard InChI is InChI=1S/C9H10N4S/c1-10-9(14)12-7-3-2-6-5-11-13-8(6)4-7/h2-5H,1H3,(H,11,13)(H2,10,12,14). The van der Waals surface area contributed by atoms with Gasteiger partial charge in [-0.15, -0.1) is 0 Å². The molecule has 0 aliphatic heterocycles. The number of rotatable bonds is 1. The van der Waals surface area contributed by atoms with Gasteiger partial charge >= 0.3 is 0 Å². The number of aromatic nitrogens is 2. The third-order valence-electron chi connectivity index (χ3n) is 1.93. The Morgan fingerprint density at radius 1 is 1.50 bits per heavy atom. The van der Waals surface area contributed by atoms with E-state index in [1.54, 1.807) is 13.2 Å². The van der Waals surface area contributed by atoms with Gasteiger partial charge in [-0.2, -0.15) is 5.10 Å². The molecule has 0 aliphatic carbocycles. The maximum Gasteiger partial charge on any atom is 0.170 e. The molecule has 72 valence electrons. The summed E-state index contributed by atoms with van der Waals surface area (Å²) >= 11 is 4.99. The van der Waals surface area contributed by atoms with E-state index in [1.165, 1.54) is 0 Å². The molecule has 0 amide bonds. The summed E-state index contributed by atoms with van der Waals surface area (Å²) in [5.74, 6) is 0. The van der Waals surface area contributed by atoms with E-state index in [4.69, 9.17) is 12.2 Å². The summed E-state index contributed by atoms with van der Waals surface area (Å²) in [7, 11) is 1.78. The van der Waals surface area contributed by atoms with E-state index < -0.39 is 0 Å². The van der Waals surface area contributed by atoms with Gasteiger partial charge in [-0.25, -0.2) is 0 Å². The minimum atomic E-state index is 0.601. The maximum atomic E-state index is 4.99. The molecule has 0 saturated carbocycles. The van der Waals surface area contributed by atoms with Gasteiger partial charge in [0.1, 0.15) is 0 Å². The molecule has 1 aromatic carbocycles. The van der Waals surface area contributed by atoms with Crippen LogP contribution in [0.1, 0.15) is 0 Å². The molecule has 0 atom stereocenters. The highest BCUT2D eigenvalue weighted by Gasteiger charge is 1.98. The van der Waals surface area contributed by atoms with Gasteiger partial charge in [0.15, 0.2) is 5.11 Å². The van der Waals surface area contributed by atoms with E-state index in [2.05, 4.69) is 20.8 Å². The van der Waals surface area contributed by atoms with Crippen LogP contribution in [-0.2, 0) is 0 Å². The molecule has 0 unspecified atom stereocenters. The van der Waals surface area contributed by atoms with Crippen LogP contribution in [-0.4, -0.2) is 22.4 Å². The Bertz CT molecular complexity index is 463. The SMILES string of the molecule is CNC(=S)Nc1ccc2cn[nH]c2c1. The molecule has 0 saturated heterocycles. The van der Waals surface area contributed by atoms with Crippen molar-refractivity contribution in [2.45, 2.75) is 0 Å². The summed E-state index contributed by atoms with van der Waals surface area (Å²) < 4.78 is 0. The monoisotopic (exact) mass is 206 g/mol. The van der Waals surface area contributed by atoms with Crippen molar-refractivity contribution in [2.24, 2.45) is 0 Å². The molecule has 5 heteroatoms. The molecular formula is C9H10N4S. The van der Waals surface area contributed by atoms with Crippen LogP contribution >= 0.6 is 12.2 Å². The molecule has 4 nitrogen and oxygen atoms in total. The summed E-state index contributed by atoms with van der Waals surface area (Å²) in [6.07, 6.45) is 1.79. The fourth-order valence-electron chi connectivity index (χ4n) is 1.21. The van der Waals surface area contributed by atoms with Crippen LogP contribution in [0.3, 0.4) is 0 Å². The molecule has 0 bridgehead atoms. The van der Waals surface area contributed by atoms with E-state index >= 15 is 0 Å². The van der Waals surface area contributed by atoms with E-state index in [1.807, 2.05) is 18.2 Å². The largest absolute Gasteiger partial charge is 0.366 e. The van der Waals surface area contributed by atoms with Crippen molar-refractivity contribution < 1.29 is 0 Å². The molecule has 2 aromatic rings. The summed E-state index contributed by atoms with van der Waals surface area (Å²) in [5.41, 5.74) is 1.94. The quantitative estimate of drug-likeness (QED) is 0.619. The summed E-state index contributed by atoms with van der Waals surface area (Å²) in [6, 6.07) is 5.91. The topological polar surface area (TPSA) is 52.7 Å². The predicted molar refractivity (Wildman–Crippen MR) is 61.4 cm³/mol. The second-order valence-electron chi connectivity index (χ2n) is 2.88. The van der Waals surface area contributed by atoms with Crippen molar-refractivity contribution in [3.63, 3.8) is 0 Å². The van der Waals surface area contributed by atoms with Gasteiger partial charge in [-0.1, -0.05) is 0 Å². The number of hydrogen-bond donors (Lipinski definition) is 3. The third-order valence-corrected chi connectivity index (χ3v) is 2.23. The number of aromatic amines is 1. The maximum absolute atomic E-state index is 4.99. The van der Waals surface area contributed by atoms with E-state index in [9.17, 15) is 0 Å². The molecule has 14 heavy (non-hydrogen) atoms. The predicted octanol–water partition coefficient (Wildman–Crippen LogP) is 1.48. The van der Waals surface area contributed by atoms with E-state index in [-0.39, 0.29) is 0 Å². The van der Waals surface area contributed by atoms with Gasteiger partial charge in [-0.3, -0.25) is 5.10 Å². The van der Waals surface area contributed by atoms with Crippen molar-refractivity contribution in [1.82, 2.24) is 15.5 Å². The van der Waals surface area contributed by atoms with Crippen LogP contribution in [0.2, 0.25) is 0 Å². The van der Waals surface area contributed by atoms with Crippen molar-refractivity contribution in [1.29, 1.82) is 0 Å². The fraction of sp³-hybridized carbons (Fsp3) is 0.111. The lowest BCUT2D eigenvalue weighted by atomic mass is 10.2. The molecule has 3 N–H and O–H groups in total. The Balaban J connectivity index is 2.30. The third kappa shape index (κ3) is 1.67. The van der Waals surface area contributed by atoms with Crippen molar-refractivity contribution in [3.8, 4) is 0 Å². The first-order valence-electron chi connectivity index (χ1n) is 4.21. The highest BCUT2D eigenvalue weighted by Crippen LogP contribution is 2.16. The molecular weight excluding hydrogens is 196 g/mol. The minimum Gasteiger partial charge on any atom is -0.366 e. The van der Waals surface area contributed by atoms with Crippen LogP contribution in [0.5, 0.6) is 0 Å². The molecule has 0 aliphatic rings. The number of nitrogens with zero attached hydrogens (tertiary/aromatic N) is 1. The second kappa shape index (κ2) is 3.63. The van der Waals surface area contributed by atoms with Crippen LogP contribution in [0.15, 0.2) is 24.4 Å². The zero-order valence-electron chi connectivity index (χ0n) is 7.66. The molecule has 1 heterocycles. The van der Waals surface area contributed by atoms with Crippen molar-refractivity contribution in [2.75, 3.05) is 12.4 Å². The Morgan fingerprint density at radius 2 is 2.36 bits per heavy atom. The van der Waals surface area contributed by atoms with E-state index in [0.29, 0.717) is 5.11 Å². The normalized spacial score (nSPS) is 10.1. The van der Waals surface area contributed by atoms with Gasteiger partial charge in [-0.05, 0) is 30.4 Å². The average Bonchev–Trinajstić information content (AvgIpc) is 2.64. The lowest BCUT2D eigenvalue weighted by Crippen LogP contribution is -2.23. The molecule has 0 fully saturated rings. The van der Waals surface area contributed by atoms with Crippen molar-refractivity contribution in [3.05, 3.63) is 24.4 Å². The molecule has 2 rings (SSSR count). The van der Waals surface area contributed by atoms with E-state index in [0.717, 1.165) is 16.6 Å². The first kappa shape index (κ1) is 8.96. The number of H-pyrrole nitrogens is 1. The highest BCUT2D eigenvalue weighted by molar-refractivity contribution is 7.80. The molecule has 0 radical (unpaired) electrons. The first-order valence-corrected chi connectivity index (χ1v) is 4.62. The van der Waals surface area contributed by atoms with Crippen LogP contribution < -0.4 is 10.6 Å². The van der Waals surface area contributed by atoms with Crippen LogP contribution in [0.4, 0.5) is 5.69 Å². The minimum absolute atomic E-state index is 0.601. The Kier molecular flexibility index (Phi) is 2.32. The number of fused-ring (bicyclic) bond motifs is 1. The van der Waals surface area contributed by atoms with Gasteiger partial charge in [0.25, 0.3) is 0 Å². The van der Waals surface area contributed by atoms with Gasteiger partial charge < -0.3 is 10.6 Å². The highest BCUT2D eigenvalue weighted by atomic mass is 32.1. The summed E-state index contributed by atoms with van der Waals surface area (Å²) in [6.45, 7) is 0. The number of thiocarbonyl (C=S) groups is 1. The number of hydrogen-bond acceptors (Lipinski definition) is 2. The zero-order valence-corrected chi connectivity index (χ0v) is 8.48. The second-order valence-corrected chi connectivity index (χ2v) is 3.28. The molecule has 0 spiro atoms. The van der Waals surface area contributed by atoms with Crippen molar-refractivity contribution >= 4 is 33.9 Å². The lowest BCUT2D eigenvalue weighted by Gasteiger charge is -2.06. The summed E-state index contributed by atoms with van der Waals surface area (Å²) in [5, 5.41) is 14.4. The fourth-order valence-corrected chi connectivity index (χ4v) is 1.33. The number of benzene rings is 1. The number of anilines is 1. The molecule has 1 aromatic heterocycles. The van der Waals surface area contributed by atoms with Crippen LogP contribution in [0.25, 0.3) is 10.9 Å². The first-order chi connectivity index (χ1) is 6.79. The number of nitrogens with one attached hydrogen (secondary N) is 3.